The number of phenols is 1. The number of Topliss-reactive ketones (excluding diaryl/α,β-unsaturated/α-hetero) is 1. The third kappa shape index (κ3) is 5.08. The smallest absolute Gasteiger partial charge is 0.301 e. The largest absolute Gasteiger partial charge is 0.508 e. The van der Waals surface area contributed by atoms with Crippen molar-refractivity contribution in [3.8, 4) is 5.75 Å². The summed E-state index contributed by atoms with van der Waals surface area (Å²) in [6.45, 7) is 0. The molecule has 0 bridgehead atoms. The standard InChI is InChI=1S/C26H17ClFN3O4S2/c27-17-7-3-16(4-8-17)22(33)20-21(15-5-11-19(32)12-6-15)31(24(35)23(20)34)25-29-30-26(37-25)36-13-14-1-9-18(28)10-2-14/h1-12,21,32-33H,13H2/b22-20-. The van der Waals surface area contributed by atoms with E-state index in [0.29, 0.717) is 26.2 Å². The molecule has 1 aliphatic heterocycles. The van der Waals surface area contributed by atoms with Crippen molar-refractivity contribution in [3.05, 3.63) is 106 Å². The summed E-state index contributed by atoms with van der Waals surface area (Å²) in [5.41, 5.74) is 1.58. The van der Waals surface area contributed by atoms with Gasteiger partial charge in [-0.1, -0.05) is 59.0 Å². The quantitative estimate of drug-likeness (QED) is 0.0998. The van der Waals surface area contributed by atoms with Gasteiger partial charge in [-0.05, 0) is 59.7 Å². The van der Waals surface area contributed by atoms with Crippen LogP contribution in [-0.4, -0.2) is 32.1 Å². The summed E-state index contributed by atoms with van der Waals surface area (Å²) in [6.07, 6.45) is 0. The van der Waals surface area contributed by atoms with Crippen molar-refractivity contribution < 1.29 is 24.2 Å². The fraction of sp³-hybridized carbons (Fsp3) is 0.0769. The zero-order chi connectivity index (χ0) is 26.1. The van der Waals surface area contributed by atoms with Crippen LogP contribution in [0.5, 0.6) is 5.75 Å². The third-order valence-electron chi connectivity index (χ3n) is 5.65. The monoisotopic (exact) mass is 553 g/mol. The molecule has 4 aromatic rings. The summed E-state index contributed by atoms with van der Waals surface area (Å²) in [5, 5.41) is 29.8. The first-order valence-electron chi connectivity index (χ1n) is 10.9. The number of aliphatic hydroxyl groups excluding tert-OH is 1. The van der Waals surface area contributed by atoms with Gasteiger partial charge in [0.25, 0.3) is 5.78 Å². The van der Waals surface area contributed by atoms with Crippen LogP contribution in [0.2, 0.25) is 5.02 Å². The molecule has 2 N–H and O–H groups in total. The summed E-state index contributed by atoms with van der Waals surface area (Å²) in [4.78, 5) is 27.6. The van der Waals surface area contributed by atoms with E-state index in [-0.39, 0.29) is 28.0 Å². The lowest BCUT2D eigenvalue weighted by Crippen LogP contribution is -2.29. The summed E-state index contributed by atoms with van der Waals surface area (Å²) in [7, 11) is 0. The van der Waals surface area contributed by atoms with Gasteiger partial charge < -0.3 is 10.2 Å². The molecular formula is C26H17ClFN3O4S2. The minimum Gasteiger partial charge on any atom is -0.508 e. The number of anilines is 1. The Balaban J connectivity index is 1.53. The van der Waals surface area contributed by atoms with Crippen LogP contribution in [0.4, 0.5) is 9.52 Å². The molecule has 0 spiro atoms. The van der Waals surface area contributed by atoms with Crippen LogP contribution in [-0.2, 0) is 15.3 Å². The minimum absolute atomic E-state index is 0.00815. The van der Waals surface area contributed by atoms with Crippen LogP contribution >= 0.6 is 34.7 Å². The van der Waals surface area contributed by atoms with E-state index in [2.05, 4.69) is 10.2 Å². The number of thioether (sulfide) groups is 1. The Kier molecular flexibility index (Phi) is 6.96. The average molecular weight is 554 g/mol. The molecule has 1 amide bonds. The van der Waals surface area contributed by atoms with Crippen molar-refractivity contribution >= 4 is 57.3 Å². The number of hydrogen-bond donors (Lipinski definition) is 2. The van der Waals surface area contributed by atoms with Gasteiger partial charge in [0.15, 0.2) is 4.34 Å². The first kappa shape index (κ1) is 24.9. The number of aliphatic hydroxyl groups is 1. The fourth-order valence-corrected chi connectivity index (χ4v) is 5.80. The first-order chi connectivity index (χ1) is 17.8. The maximum absolute atomic E-state index is 13.2. The predicted molar refractivity (Wildman–Crippen MR) is 140 cm³/mol. The maximum atomic E-state index is 13.2. The highest BCUT2D eigenvalue weighted by Crippen LogP contribution is 2.44. The van der Waals surface area contributed by atoms with Gasteiger partial charge in [0, 0.05) is 16.3 Å². The van der Waals surface area contributed by atoms with Crippen molar-refractivity contribution in [3.63, 3.8) is 0 Å². The fourth-order valence-electron chi connectivity index (χ4n) is 3.85. The number of amides is 1. The summed E-state index contributed by atoms with van der Waals surface area (Å²) < 4.78 is 13.7. The molecule has 1 saturated heterocycles. The second kappa shape index (κ2) is 10.3. The lowest BCUT2D eigenvalue weighted by molar-refractivity contribution is -0.132. The van der Waals surface area contributed by atoms with Crippen LogP contribution in [0.3, 0.4) is 0 Å². The van der Waals surface area contributed by atoms with Crippen molar-refractivity contribution in [2.24, 2.45) is 0 Å². The molecule has 2 heterocycles. The van der Waals surface area contributed by atoms with E-state index in [9.17, 15) is 24.2 Å². The molecule has 186 valence electrons. The molecule has 0 saturated carbocycles. The number of halogens is 2. The van der Waals surface area contributed by atoms with Gasteiger partial charge in [-0.3, -0.25) is 14.5 Å². The molecule has 1 aliphatic rings. The van der Waals surface area contributed by atoms with Gasteiger partial charge in [-0.15, -0.1) is 10.2 Å². The molecular weight excluding hydrogens is 537 g/mol. The molecule has 0 aliphatic carbocycles. The molecule has 11 heteroatoms. The number of hydrogen-bond acceptors (Lipinski definition) is 8. The first-order valence-corrected chi connectivity index (χ1v) is 13.1. The number of aromatic hydroxyl groups is 1. The highest BCUT2D eigenvalue weighted by Gasteiger charge is 2.48. The Morgan fingerprint density at radius 1 is 1.00 bits per heavy atom. The molecule has 37 heavy (non-hydrogen) atoms. The lowest BCUT2D eigenvalue weighted by Gasteiger charge is -2.22. The van der Waals surface area contributed by atoms with Crippen molar-refractivity contribution in [2.75, 3.05) is 4.90 Å². The highest BCUT2D eigenvalue weighted by atomic mass is 35.5. The molecule has 1 atom stereocenters. The second-order valence-corrected chi connectivity index (χ2v) is 10.6. The van der Waals surface area contributed by atoms with Crippen LogP contribution in [0, 0.1) is 5.82 Å². The number of carbonyl (C=O) groups is 2. The zero-order valence-corrected chi connectivity index (χ0v) is 21.2. The van der Waals surface area contributed by atoms with Crippen LogP contribution < -0.4 is 4.90 Å². The van der Waals surface area contributed by atoms with E-state index in [1.54, 1.807) is 48.5 Å². The van der Waals surface area contributed by atoms with Crippen LogP contribution in [0.1, 0.15) is 22.7 Å². The number of ketones is 1. The molecule has 1 fully saturated rings. The van der Waals surface area contributed by atoms with E-state index < -0.39 is 17.7 Å². The summed E-state index contributed by atoms with van der Waals surface area (Å²) in [5.74, 6) is -1.90. The number of aromatic nitrogens is 2. The van der Waals surface area contributed by atoms with Gasteiger partial charge in [-0.25, -0.2) is 4.39 Å². The van der Waals surface area contributed by atoms with Gasteiger partial charge in [-0.2, -0.15) is 0 Å². The average Bonchev–Trinajstić information content (AvgIpc) is 3.46. The molecule has 1 unspecified atom stereocenters. The Bertz CT molecular complexity index is 1510. The van der Waals surface area contributed by atoms with E-state index in [1.165, 1.54) is 40.9 Å². The number of carbonyl (C=O) groups excluding carboxylic acids is 2. The summed E-state index contributed by atoms with van der Waals surface area (Å²) >= 11 is 8.44. The maximum Gasteiger partial charge on any atom is 0.301 e. The van der Waals surface area contributed by atoms with Gasteiger partial charge in [0.05, 0.1) is 11.6 Å². The normalized spacial score (nSPS) is 16.9. The topological polar surface area (TPSA) is 104 Å². The highest BCUT2D eigenvalue weighted by molar-refractivity contribution is 8.00. The van der Waals surface area contributed by atoms with E-state index >= 15 is 0 Å². The Morgan fingerprint density at radius 3 is 2.35 bits per heavy atom. The van der Waals surface area contributed by atoms with Gasteiger partial charge in [0.1, 0.15) is 17.3 Å². The second-order valence-electron chi connectivity index (χ2n) is 8.03. The van der Waals surface area contributed by atoms with E-state index in [4.69, 9.17) is 11.6 Å². The SMILES string of the molecule is O=C1C(=O)N(c2nnc(SCc3ccc(F)cc3)s2)C(c2ccc(O)cc2)/C1=C(/O)c1ccc(Cl)cc1. The van der Waals surface area contributed by atoms with E-state index in [1.807, 2.05) is 0 Å². The van der Waals surface area contributed by atoms with Crippen molar-refractivity contribution in [1.82, 2.24) is 10.2 Å². The molecule has 0 radical (unpaired) electrons. The predicted octanol–water partition coefficient (Wildman–Crippen LogP) is 5.95. The number of benzene rings is 3. The van der Waals surface area contributed by atoms with Crippen LogP contribution in [0.25, 0.3) is 5.76 Å². The molecule has 3 aromatic carbocycles. The van der Waals surface area contributed by atoms with Gasteiger partial charge >= 0.3 is 5.91 Å². The summed E-state index contributed by atoms with van der Waals surface area (Å²) in [6, 6.07) is 17.3. The Morgan fingerprint density at radius 2 is 1.68 bits per heavy atom. The van der Waals surface area contributed by atoms with Crippen LogP contribution in [0.15, 0.2) is 82.7 Å². The molecule has 5 rings (SSSR count). The number of rotatable bonds is 6. The zero-order valence-electron chi connectivity index (χ0n) is 18.8. The lowest BCUT2D eigenvalue weighted by atomic mass is 9.95. The Labute approximate surface area is 223 Å². The minimum atomic E-state index is -1.00. The number of phenolic OH excluding ortho intramolecular Hbond substituents is 1. The van der Waals surface area contributed by atoms with E-state index in [0.717, 1.165) is 16.9 Å². The molecule has 7 nitrogen and oxygen atoms in total. The Hall–Kier alpha value is -3.73. The van der Waals surface area contributed by atoms with Crippen molar-refractivity contribution in [2.45, 2.75) is 16.1 Å². The van der Waals surface area contributed by atoms with Gasteiger partial charge in [0.2, 0.25) is 5.13 Å². The number of nitrogens with zero attached hydrogens (tertiary/aromatic N) is 3. The third-order valence-corrected chi connectivity index (χ3v) is 8.03. The molecule has 1 aromatic heterocycles. The van der Waals surface area contributed by atoms with Crippen molar-refractivity contribution in [1.29, 1.82) is 0 Å².